The van der Waals surface area contributed by atoms with Gasteiger partial charge in [-0.2, -0.15) is 0 Å². The number of anilines is 1. The van der Waals surface area contributed by atoms with Crippen molar-refractivity contribution in [3.8, 4) is 0 Å². The van der Waals surface area contributed by atoms with Crippen molar-refractivity contribution in [2.45, 2.75) is 11.7 Å². The van der Waals surface area contributed by atoms with E-state index in [9.17, 15) is 4.79 Å². The molecule has 0 bridgehead atoms. The number of hydrogen-bond acceptors (Lipinski definition) is 5. The molecule has 0 unspecified atom stereocenters. The zero-order valence-corrected chi connectivity index (χ0v) is 15.9. The van der Waals surface area contributed by atoms with Gasteiger partial charge >= 0.3 is 0 Å². The first-order valence-corrected chi connectivity index (χ1v) is 10.0. The number of hydrogen-bond donors (Lipinski definition) is 1. The third-order valence-electron chi connectivity index (χ3n) is 4.03. The predicted octanol–water partition coefficient (Wildman–Crippen LogP) is 5.14. The lowest BCUT2D eigenvalue weighted by Gasteiger charge is -2.11. The van der Waals surface area contributed by atoms with Crippen molar-refractivity contribution in [3.05, 3.63) is 81.8 Å². The number of amides is 1. The van der Waals surface area contributed by atoms with Crippen LogP contribution >= 0.6 is 34.7 Å². The van der Waals surface area contributed by atoms with E-state index in [0.717, 1.165) is 16.0 Å². The van der Waals surface area contributed by atoms with Gasteiger partial charge in [0.2, 0.25) is 0 Å². The van der Waals surface area contributed by atoms with E-state index in [1.807, 2.05) is 54.6 Å². The highest BCUT2D eigenvalue weighted by molar-refractivity contribution is 8.15. The predicted molar refractivity (Wildman–Crippen MR) is 108 cm³/mol. The van der Waals surface area contributed by atoms with Gasteiger partial charge in [-0.05, 0) is 17.2 Å². The number of thioether (sulfide) groups is 1. The third-order valence-corrected chi connectivity index (χ3v) is 6.50. The average molecular weight is 400 g/mol. The van der Waals surface area contributed by atoms with E-state index >= 15 is 0 Å². The van der Waals surface area contributed by atoms with Gasteiger partial charge < -0.3 is 0 Å². The molecule has 1 amide bonds. The fraction of sp³-hybridized carbons (Fsp3) is 0.105. The molecular formula is C19H14ClN3OS2. The zero-order chi connectivity index (χ0) is 18.1. The van der Waals surface area contributed by atoms with Crippen molar-refractivity contribution in [1.29, 1.82) is 5.41 Å². The van der Waals surface area contributed by atoms with Crippen molar-refractivity contribution in [3.63, 3.8) is 0 Å². The summed E-state index contributed by atoms with van der Waals surface area (Å²) in [6.07, 6.45) is 2.41. The molecule has 0 saturated carbocycles. The fourth-order valence-corrected chi connectivity index (χ4v) is 4.97. The molecule has 26 heavy (non-hydrogen) atoms. The molecule has 1 fully saturated rings. The molecule has 3 aromatic rings. The van der Waals surface area contributed by atoms with Gasteiger partial charge in [0.25, 0.3) is 5.91 Å². The van der Waals surface area contributed by atoms with Crippen LogP contribution in [0.4, 0.5) is 5.13 Å². The maximum atomic E-state index is 12.8. The molecule has 1 N–H and O–H groups in total. The Morgan fingerprint density at radius 2 is 1.85 bits per heavy atom. The first-order chi connectivity index (χ1) is 12.6. The number of carbonyl (C=O) groups is 1. The van der Waals surface area contributed by atoms with Gasteiger partial charge in [0.1, 0.15) is 5.25 Å². The van der Waals surface area contributed by atoms with E-state index in [1.165, 1.54) is 28.0 Å². The standard InChI is InChI=1S/C19H14ClN3OS2/c20-15-9-5-4-8-13(15)10-14-11-22-19(25-14)23-17(24)16(26-18(23)21)12-6-2-1-3-7-12/h1-9,11,16,21H,10H2/t16-/m0/s1. The minimum atomic E-state index is -0.389. The summed E-state index contributed by atoms with van der Waals surface area (Å²) in [6.45, 7) is 0. The number of halogens is 1. The molecule has 0 spiro atoms. The summed E-state index contributed by atoms with van der Waals surface area (Å²) in [4.78, 5) is 19.6. The molecule has 0 radical (unpaired) electrons. The molecule has 1 saturated heterocycles. The summed E-state index contributed by atoms with van der Waals surface area (Å²) in [5.41, 5.74) is 1.92. The van der Waals surface area contributed by atoms with E-state index in [4.69, 9.17) is 17.0 Å². The number of rotatable bonds is 4. The van der Waals surface area contributed by atoms with Crippen LogP contribution < -0.4 is 4.90 Å². The van der Waals surface area contributed by atoms with E-state index < -0.39 is 0 Å². The maximum absolute atomic E-state index is 12.8. The Morgan fingerprint density at radius 1 is 1.12 bits per heavy atom. The molecule has 130 valence electrons. The quantitative estimate of drug-likeness (QED) is 0.660. The van der Waals surface area contributed by atoms with Gasteiger partial charge in [0, 0.05) is 22.5 Å². The Kier molecular flexibility index (Phi) is 4.80. The summed E-state index contributed by atoms with van der Waals surface area (Å²) >= 11 is 8.89. The first kappa shape index (κ1) is 17.3. The highest BCUT2D eigenvalue weighted by Gasteiger charge is 2.40. The molecule has 1 atom stereocenters. The molecule has 2 aromatic carbocycles. The summed E-state index contributed by atoms with van der Waals surface area (Å²) in [7, 11) is 0. The number of nitrogens with zero attached hydrogens (tertiary/aromatic N) is 2. The summed E-state index contributed by atoms with van der Waals surface area (Å²) in [5, 5.41) is 9.30. The Morgan fingerprint density at radius 3 is 2.62 bits per heavy atom. The highest BCUT2D eigenvalue weighted by Crippen LogP contribution is 2.42. The summed E-state index contributed by atoms with van der Waals surface area (Å²) < 4.78 is 0. The zero-order valence-electron chi connectivity index (χ0n) is 13.6. The smallest absolute Gasteiger partial charge is 0.253 e. The van der Waals surface area contributed by atoms with Crippen LogP contribution in [0.15, 0.2) is 60.8 Å². The van der Waals surface area contributed by atoms with Gasteiger partial charge in [0.05, 0.1) is 0 Å². The number of benzene rings is 2. The van der Waals surface area contributed by atoms with Crippen LogP contribution in [0.2, 0.25) is 5.02 Å². The number of thiazole rings is 1. The Bertz CT molecular complexity index is 974. The Balaban J connectivity index is 1.57. The topological polar surface area (TPSA) is 57.1 Å². The monoisotopic (exact) mass is 399 g/mol. The van der Waals surface area contributed by atoms with Crippen LogP contribution in [0.3, 0.4) is 0 Å². The van der Waals surface area contributed by atoms with Gasteiger partial charge in [-0.1, -0.05) is 71.9 Å². The number of amidine groups is 1. The Labute approximate surface area is 164 Å². The largest absolute Gasteiger partial charge is 0.278 e. The maximum Gasteiger partial charge on any atom is 0.253 e. The molecular weight excluding hydrogens is 386 g/mol. The Hall–Kier alpha value is -2.15. The van der Waals surface area contributed by atoms with Crippen molar-refractivity contribution in [2.24, 2.45) is 0 Å². The molecule has 1 aliphatic heterocycles. The fourth-order valence-electron chi connectivity index (χ4n) is 2.76. The van der Waals surface area contributed by atoms with E-state index in [0.29, 0.717) is 16.6 Å². The van der Waals surface area contributed by atoms with Crippen molar-refractivity contribution in [1.82, 2.24) is 4.98 Å². The van der Waals surface area contributed by atoms with Crippen LogP contribution in [0, 0.1) is 5.41 Å². The number of carbonyl (C=O) groups excluding carboxylic acids is 1. The second kappa shape index (κ2) is 7.23. The van der Waals surface area contributed by atoms with Crippen LogP contribution in [-0.4, -0.2) is 16.1 Å². The van der Waals surface area contributed by atoms with Crippen LogP contribution in [0.5, 0.6) is 0 Å². The van der Waals surface area contributed by atoms with Crippen LogP contribution in [-0.2, 0) is 11.2 Å². The van der Waals surface area contributed by atoms with Crippen molar-refractivity contribution in [2.75, 3.05) is 4.90 Å². The lowest BCUT2D eigenvalue weighted by atomic mass is 10.1. The molecule has 7 heteroatoms. The van der Waals surface area contributed by atoms with E-state index in [-0.39, 0.29) is 16.3 Å². The normalized spacial score (nSPS) is 17.1. The minimum absolute atomic E-state index is 0.121. The SMILES string of the molecule is N=C1S[C@@H](c2ccccc2)C(=O)N1c1ncc(Cc2ccccc2Cl)s1. The highest BCUT2D eigenvalue weighted by atomic mass is 35.5. The van der Waals surface area contributed by atoms with Crippen LogP contribution in [0.1, 0.15) is 21.3 Å². The summed E-state index contributed by atoms with van der Waals surface area (Å²) in [6, 6.07) is 17.2. The third kappa shape index (κ3) is 3.28. The first-order valence-electron chi connectivity index (χ1n) is 7.95. The lowest BCUT2D eigenvalue weighted by molar-refractivity contribution is -0.117. The number of nitrogens with one attached hydrogen (secondary N) is 1. The van der Waals surface area contributed by atoms with E-state index in [1.54, 1.807) is 6.20 Å². The number of aromatic nitrogens is 1. The molecule has 4 rings (SSSR count). The van der Waals surface area contributed by atoms with Gasteiger partial charge in [0.15, 0.2) is 10.3 Å². The molecule has 4 nitrogen and oxygen atoms in total. The molecule has 1 aromatic heterocycles. The minimum Gasteiger partial charge on any atom is -0.278 e. The molecule has 0 aliphatic carbocycles. The second-order valence-corrected chi connectivity index (χ2v) is 8.36. The average Bonchev–Trinajstić information content (AvgIpc) is 3.21. The van der Waals surface area contributed by atoms with Gasteiger partial charge in [-0.15, -0.1) is 11.3 Å². The summed E-state index contributed by atoms with van der Waals surface area (Å²) in [5.74, 6) is -0.121. The second-order valence-electron chi connectivity index (χ2n) is 5.76. The lowest BCUT2D eigenvalue weighted by Crippen LogP contribution is -2.29. The van der Waals surface area contributed by atoms with Gasteiger partial charge in [-0.25, -0.2) is 9.88 Å². The molecule has 1 aliphatic rings. The van der Waals surface area contributed by atoms with Crippen molar-refractivity contribution >= 4 is 50.9 Å². The van der Waals surface area contributed by atoms with E-state index in [2.05, 4.69) is 4.98 Å². The van der Waals surface area contributed by atoms with Crippen LogP contribution in [0.25, 0.3) is 0 Å². The van der Waals surface area contributed by atoms with Crippen molar-refractivity contribution < 1.29 is 4.79 Å². The molecule has 2 heterocycles. The van der Waals surface area contributed by atoms with Gasteiger partial charge in [-0.3, -0.25) is 10.2 Å².